The molecule has 1 N–H and O–H groups in total. The minimum absolute atomic E-state index is 0.131. The van der Waals surface area contributed by atoms with Gasteiger partial charge in [0.05, 0.1) is 24.6 Å². The molecular weight excluding hydrogens is 554 g/mol. The molecule has 8 nitrogen and oxygen atoms in total. The number of hydrogen-bond donors (Lipinski definition) is 1. The van der Waals surface area contributed by atoms with Crippen molar-refractivity contribution in [2.75, 3.05) is 19.0 Å². The van der Waals surface area contributed by atoms with E-state index in [9.17, 15) is 14.4 Å². The van der Waals surface area contributed by atoms with Crippen molar-refractivity contribution >= 4 is 29.2 Å². The summed E-state index contributed by atoms with van der Waals surface area (Å²) in [5.74, 6) is -1.30. The number of rotatable bonds is 7. The van der Waals surface area contributed by atoms with Gasteiger partial charge in [-0.3, -0.25) is 14.4 Å². The number of carbonyl (C=O) groups excluding carboxylic acids is 3. The Balaban J connectivity index is 1.49. The summed E-state index contributed by atoms with van der Waals surface area (Å²) in [6.07, 6.45) is 3.77. The third-order valence-corrected chi connectivity index (χ3v) is 8.94. The van der Waals surface area contributed by atoms with Crippen molar-refractivity contribution in [1.82, 2.24) is 4.90 Å². The van der Waals surface area contributed by atoms with E-state index in [1.54, 1.807) is 48.5 Å². The van der Waals surface area contributed by atoms with E-state index in [1.807, 2.05) is 71.8 Å². The molecule has 1 spiro atoms. The fourth-order valence-corrected chi connectivity index (χ4v) is 7.19. The monoisotopic (exact) mass is 581 g/mol. The van der Waals surface area contributed by atoms with Crippen LogP contribution in [0.5, 0.6) is 11.5 Å². The lowest BCUT2D eigenvalue weighted by atomic mass is 9.62. The van der Waals surface area contributed by atoms with Crippen LogP contribution in [0, 0.1) is 17.2 Å². The Labute approximate surface area is 254 Å². The zero-order valence-electron chi connectivity index (χ0n) is 23.8. The molecule has 7 rings (SSSR count). The van der Waals surface area contributed by atoms with Gasteiger partial charge >= 0.3 is 0 Å². The number of ether oxygens (including phenoxy) is 2. The number of amides is 1. The number of anilines is 1. The smallest absolute Gasteiger partial charge is 0.238 e. The van der Waals surface area contributed by atoms with E-state index in [0.717, 1.165) is 11.1 Å². The molecule has 0 bridgehead atoms. The second-order valence-corrected chi connectivity index (χ2v) is 11.0. The average Bonchev–Trinajstić information content (AvgIpc) is 3.55. The minimum Gasteiger partial charge on any atom is -0.496 e. The Kier molecular flexibility index (Phi) is 6.51. The van der Waals surface area contributed by atoms with Crippen LogP contribution in [0.15, 0.2) is 103 Å². The Bertz CT molecular complexity index is 1890. The maximum absolute atomic E-state index is 14.9. The number of nitriles is 1. The highest BCUT2D eigenvalue weighted by Crippen LogP contribution is 2.62. The topological polar surface area (TPSA) is 109 Å². The lowest BCUT2D eigenvalue weighted by Gasteiger charge is -2.38. The van der Waals surface area contributed by atoms with Crippen molar-refractivity contribution in [2.24, 2.45) is 5.92 Å². The van der Waals surface area contributed by atoms with Crippen LogP contribution in [-0.2, 0) is 10.2 Å². The van der Waals surface area contributed by atoms with Crippen molar-refractivity contribution in [3.63, 3.8) is 0 Å². The standard InChI is InChI=1S/C36H27N3O5/c1-43-29-13-7-4-10-26(29)33(41)31-30(32(40)23-14-16-24(17-15-23)44-21-19-37)36(27-11-5-6-12-28(27)38-35(36)42)34-25-9-3-2-8-22(25)18-20-39(31)34/h2-18,20,30-31,34H,21H2,1H3,(H,38,42)/t30-,31+,34+,36-/m1/s1. The van der Waals surface area contributed by atoms with Gasteiger partial charge in [-0.1, -0.05) is 54.6 Å². The molecule has 4 aromatic carbocycles. The van der Waals surface area contributed by atoms with Gasteiger partial charge in [-0.05, 0) is 65.2 Å². The van der Waals surface area contributed by atoms with Gasteiger partial charge in [-0.2, -0.15) is 5.26 Å². The van der Waals surface area contributed by atoms with Gasteiger partial charge in [0.2, 0.25) is 5.91 Å². The van der Waals surface area contributed by atoms with Gasteiger partial charge in [0, 0.05) is 17.5 Å². The number of methoxy groups -OCH3 is 1. The molecule has 0 aromatic heterocycles. The van der Waals surface area contributed by atoms with Crippen LogP contribution >= 0.6 is 0 Å². The molecule has 1 amide bonds. The molecule has 0 saturated carbocycles. The molecule has 1 saturated heterocycles. The molecule has 8 heteroatoms. The number of Topliss-reactive ketones (excluding diaryl/α,β-unsaturated/α-hetero) is 2. The first kappa shape index (κ1) is 27.2. The van der Waals surface area contributed by atoms with Gasteiger partial charge in [0.1, 0.15) is 29.0 Å². The highest BCUT2D eigenvalue weighted by Gasteiger charge is 2.70. The van der Waals surface area contributed by atoms with Crippen molar-refractivity contribution < 1.29 is 23.9 Å². The summed E-state index contributed by atoms with van der Waals surface area (Å²) in [4.78, 5) is 46.2. The Morgan fingerprint density at radius 1 is 0.932 bits per heavy atom. The summed E-state index contributed by atoms with van der Waals surface area (Å²) < 4.78 is 11.0. The number of ketones is 2. The number of carbonyl (C=O) groups is 3. The maximum Gasteiger partial charge on any atom is 0.238 e. The van der Waals surface area contributed by atoms with Crippen LogP contribution in [0.4, 0.5) is 5.69 Å². The second kappa shape index (κ2) is 10.5. The fourth-order valence-electron chi connectivity index (χ4n) is 7.19. The maximum atomic E-state index is 14.9. The van der Waals surface area contributed by atoms with Gasteiger partial charge in [0.25, 0.3) is 0 Å². The van der Waals surface area contributed by atoms with Crippen LogP contribution in [-0.4, -0.2) is 42.1 Å². The molecule has 1 fully saturated rings. The zero-order valence-corrected chi connectivity index (χ0v) is 23.8. The molecule has 44 heavy (non-hydrogen) atoms. The molecule has 3 heterocycles. The lowest BCUT2D eigenvalue weighted by molar-refractivity contribution is -0.122. The van der Waals surface area contributed by atoms with E-state index in [-0.39, 0.29) is 24.1 Å². The summed E-state index contributed by atoms with van der Waals surface area (Å²) in [5, 5.41) is 12.0. The molecule has 0 radical (unpaired) electrons. The first-order valence-corrected chi connectivity index (χ1v) is 14.3. The van der Waals surface area contributed by atoms with E-state index >= 15 is 0 Å². The van der Waals surface area contributed by atoms with Crippen molar-refractivity contribution in [1.29, 1.82) is 5.26 Å². The number of fused-ring (bicyclic) bond motifs is 6. The average molecular weight is 582 g/mol. The summed E-state index contributed by atoms with van der Waals surface area (Å²) in [7, 11) is 1.50. The first-order chi connectivity index (χ1) is 21.5. The van der Waals surface area contributed by atoms with Gasteiger partial charge < -0.3 is 19.7 Å². The van der Waals surface area contributed by atoms with Crippen molar-refractivity contribution in [3.05, 3.63) is 131 Å². The second-order valence-electron chi connectivity index (χ2n) is 11.0. The Hall–Kier alpha value is -5.68. The van der Waals surface area contributed by atoms with Crippen LogP contribution in [0.3, 0.4) is 0 Å². The molecule has 3 aliphatic rings. The summed E-state index contributed by atoms with van der Waals surface area (Å²) in [5.41, 5.74) is 2.28. The number of nitrogens with zero attached hydrogens (tertiary/aromatic N) is 2. The van der Waals surface area contributed by atoms with Crippen LogP contribution in [0.25, 0.3) is 6.08 Å². The van der Waals surface area contributed by atoms with E-state index < -0.39 is 23.4 Å². The number of benzene rings is 4. The van der Waals surface area contributed by atoms with E-state index in [0.29, 0.717) is 33.9 Å². The predicted octanol–water partition coefficient (Wildman–Crippen LogP) is 5.58. The van der Waals surface area contributed by atoms with E-state index in [2.05, 4.69) is 5.32 Å². The third kappa shape index (κ3) is 3.86. The number of nitrogens with one attached hydrogen (secondary N) is 1. The molecule has 216 valence electrons. The van der Waals surface area contributed by atoms with Crippen LogP contribution in [0.2, 0.25) is 0 Å². The van der Waals surface area contributed by atoms with E-state index in [4.69, 9.17) is 14.7 Å². The van der Waals surface area contributed by atoms with Gasteiger partial charge in [-0.15, -0.1) is 0 Å². The highest BCUT2D eigenvalue weighted by atomic mass is 16.5. The predicted molar refractivity (Wildman–Crippen MR) is 163 cm³/mol. The lowest BCUT2D eigenvalue weighted by Crippen LogP contribution is -2.49. The molecule has 0 aliphatic carbocycles. The number of para-hydroxylation sites is 2. The van der Waals surface area contributed by atoms with Gasteiger partial charge in [0.15, 0.2) is 18.2 Å². The quantitative estimate of drug-likeness (QED) is 0.284. The molecular formula is C36H27N3O5. The van der Waals surface area contributed by atoms with Crippen molar-refractivity contribution in [2.45, 2.75) is 17.5 Å². The molecule has 4 atom stereocenters. The highest BCUT2D eigenvalue weighted by molar-refractivity contribution is 6.17. The number of hydrogen-bond acceptors (Lipinski definition) is 7. The largest absolute Gasteiger partial charge is 0.496 e. The van der Waals surface area contributed by atoms with Crippen LogP contribution in [0.1, 0.15) is 43.4 Å². The SMILES string of the molecule is COc1ccccc1C(=O)[C@@H]1[C@H](C(=O)c2ccc(OCC#N)cc2)[C@@]2(C(=O)Nc3ccccc32)[C@@H]2c3ccccc3C=CN12. The van der Waals surface area contributed by atoms with Crippen molar-refractivity contribution in [3.8, 4) is 17.6 Å². The summed E-state index contributed by atoms with van der Waals surface area (Å²) in [6.45, 7) is -0.131. The fraction of sp³-hybridized carbons (Fsp3) is 0.167. The molecule has 4 aromatic rings. The normalized spacial score (nSPS) is 22.4. The summed E-state index contributed by atoms with van der Waals surface area (Å²) in [6, 6.07) is 28.8. The summed E-state index contributed by atoms with van der Waals surface area (Å²) >= 11 is 0. The Morgan fingerprint density at radius 3 is 2.45 bits per heavy atom. The van der Waals surface area contributed by atoms with E-state index in [1.165, 1.54) is 7.11 Å². The first-order valence-electron chi connectivity index (χ1n) is 14.3. The molecule has 3 aliphatic heterocycles. The third-order valence-electron chi connectivity index (χ3n) is 8.94. The zero-order chi connectivity index (χ0) is 30.4. The Morgan fingerprint density at radius 2 is 1.66 bits per heavy atom. The molecule has 0 unspecified atom stereocenters. The van der Waals surface area contributed by atoms with Gasteiger partial charge in [-0.25, -0.2) is 0 Å². The minimum atomic E-state index is -1.44. The van der Waals surface area contributed by atoms with Crippen LogP contribution < -0.4 is 14.8 Å².